The van der Waals surface area contributed by atoms with Gasteiger partial charge in [0.25, 0.3) is 0 Å². The van der Waals surface area contributed by atoms with Gasteiger partial charge in [0.05, 0.1) is 41.2 Å². The molecule has 22 nitrogen and oxygen atoms in total. The van der Waals surface area contributed by atoms with Crippen LogP contribution in [0.4, 0.5) is 63.3 Å². The van der Waals surface area contributed by atoms with Gasteiger partial charge in [-0.2, -0.15) is 20.8 Å². The Morgan fingerprint density at radius 3 is 1.46 bits per heavy atom. The average molecular weight is 1050 g/mol. The van der Waals surface area contributed by atoms with Crippen molar-refractivity contribution < 1.29 is 0 Å². The SMILES string of the molecule is N#CCc1ccccc1C#N.N=C(N)c1ccc(N)cc1.N=C(N)c1ccc(N=Nc2c(N)nc(N)c3ccccc23)cc1.N=C(N)c1ccc(N=Nc2cccc3c(N)nc(N)cc23)cc1.Nc1cc2ccccc2c(N)n1. The Labute approximate surface area is 453 Å². The number of pyridine rings is 3. The van der Waals surface area contributed by atoms with Crippen molar-refractivity contribution in [1.82, 2.24) is 15.0 Å². The number of fused-ring (bicyclic) bond motifs is 3. The monoisotopic (exact) mass is 1050 g/mol. The van der Waals surface area contributed by atoms with Gasteiger partial charge >= 0.3 is 0 Å². The van der Waals surface area contributed by atoms with Crippen LogP contribution in [0.25, 0.3) is 32.3 Å². The number of nitrogens with one attached hydrogen (secondary N) is 3. The van der Waals surface area contributed by atoms with Gasteiger partial charge in [-0.15, -0.1) is 10.2 Å². The fraction of sp³-hybridized carbons (Fsp3) is 0.0175. The number of nitriles is 2. The van der Waals surface area contributed by atoms with Gasteiger partial charge in [-0.05, 0) is 108 Å². The van der Waals surface area contributed by atoms with E-state index in [9.17, 15) is 0 Å². The zero-order valence-electron chi connectivity index (χ0n) is 42.2. The number of hydrogen-bond acceptors (Lipinski definition) is 19. The highest BCUT2D eigenvalue weighted by atomic mass is 15.1. The van der Waals surface area contributed by atoms with Gasteiger partial charge in [0, 0.05) is 49.3 Å². The molecule has 0 fully saturated rings. The van der Waals surface area contributed by atoms with Crippen molar-refractivity contribution in [3.05, 3.63) is 204 Å². The van der Waals surface area contributed by atoms with Crippen molar-refractivity contribution in [2.24, 2.45) is 37.7 Å². The fourth-order valence-corrected chi connectivity index (χ4v) is 7.21. The quantitative estimate of drug-likeness (QED) is 0.0291. The number of anilines is 7. The maximum absolute atomic E-state index is 8.59. The minimum absolute atomic E-state index is 0.00598. The number of aromatic nitrogens is 3. The molecule has 0 aliphatic carbocycles. The van der Waals surface area contributed by atoms with Crippen LogP contribution in [0, 0.1) is 38.9 Å². The van der Waals surface area contributed by atoms with Crippen molar-refractivity contribution in [2.75, 3.05) is 40.1 Å². The number of benzene rings is 7. The van der Waals surface area contributed by atoms with E-state index in [4.69, 9.17) is 84.1 Å². The van der Waals surface area contributed by atoms with Crippen LogP contribution in [0.5, 0.6) is 0 Å². The summed E-state index contributed by atoms with van der Waals surface area (Å²) in [7, 11) is 0. The van der Waals surface area contributed by atoms with Gasteiger partial charge in [-0.3, -0.25) is 16.2 Å². The number of amidine groups is 3. The zero-order chi connectivity index (χ0) is 57.0. The Kier molecular flexibility index (Phi) is 19.1. The van der Waals surface area contributed by atoms with Crippen molar-refractivity contribution in [2.45, 2.75) is 6.42 Å². The van der Waals surface area contributed by atoms with Crippen molar-refractivity contribution >= 4 is 113 Å². The lowest BCUT2D eigenvalue weighted by atomic mass is 10.1. The first-order valence-corrected chi connectivity index (χ1v) is 23.5. The van der Waals surface area contributed by atoms with E-state index in [0.717, 1.165) is 37.9 Å². The lowest BCUT2D eigenvalue weighted by Crippen LogP contribution is -2.10. The molecule has 3 heterocycles. The summed E-state index contributed by atoms with van der Waals surface area (Å²) in [5, 5.41) is 60.7. The van der Waals surface area contributed by atoms with E-state index in [1.165, 1.54) is 0 Å². The topological polar surface area (TPSA) is 467 Å². The Hall–Kier alpha value is -12.0. The molecule has 0 unspecified atom stereocenters. The summed E-state index contributed by atoms with van der Waals surface area (Å²) in [4.78, 5) is 12.1. The van der Waals surface area contributed by atoms with Crippen LogP contribution in [-0.4, -0.2) is 32.5 Å². The van der Waals surface area contributed by atoms with E-state index >= 15 is 0 Å². The molecule has 23 N–H and O–H groups in total. The van der Waals surface area contributed by atoms with E-state index < -0.39 is 0 Å². The molecule has 3 aromatic heterocycles. The molecule has 7 aromatic carbocycles. The highest BCUT2D eigenvalue weighted by Crippen LogP contribution is 2.35. The third kappa shape index (κ3) is 15.5. The molecule has 0 radical (unpaired) electrons. The van der Waals surface area contributed by atoms with Crippen LogP contribution >= 0.6 is 0 Å². The van der Waals surface area contributed by atoms with Crippen LogP contribution in [-0.2, 0) is 6.42 Å². The van der Waals surface area contributed by atoms with Crippen LogP contribution in [0.3, 0.4) is 0 Å². The Morgan fingerprint density at radius 2 is 0.886 bits per heavy atom. The maximum Gasteiger partial charge on any atom is 0.154 e. The summed E-state index contributed by atoms with van der Waals surface area (Å²) in [5.41, 5.74) is 62.6. The van der Waals surface area contributed by atoms with Crippen molar-refractivity contribution in [3.63, 3.8) is 0 Å². The van der Waals surface area contributed by atoms with Crippen molar-refractivity contribution in [1.29, 1.82) is 26.8 Å². The average Bonchev–Trinajstić information content (AvgIpc) is 3.49. The van der Waals surface area contributed by atoms with Gasteiger partial charge < -0.3 is 57.3 Å². The Bertz CT molecular complexity index is 3940. The van der Waals surface area contributed by atoms with Crippen LogP contribution in [0.2, 0.25) is 0 Å². The molecule has 0 saturated heterocycles. The first-order chi connectivity index (χ1) is 38.0. The highest BCUT2D eigenvalue weighted by molar-refractivity contribution is 6.02. The highest BCUT2D eigenvalue weighted by Gasteiger charge is 2.10. The second-order valence-electron chi connectivity index (χ2n) is 16.7. The van der Waals surface area contributed by atoms with Gasteiger partial charge in [-0.1, -0.05) is 78.9 Å². The van der Waals surface area contributed by atoms with Gasteiger partial charge in [0.15, 0.2) is 5.82 Å². The van der Waals surface area contributed by atoms with Crippen LogP contribution in [0.15, 0.2) is 196 Å². The number of azo groups is 2. The molecule has 392 valence electrons. The lowest BCUT2D eigenvalue weighted by molar-refractivity contribution is 1.22. The Morgan fingerprint density at radius 1 is 0.430 bits per heavy atom. The molecule has 0 bridgehead atoms. The lowest BCUT2D eigenvalue weighted by Gasteiger charge is -2.06. The van der Waals surface area contributed by atoms with Gasteiger partial charge in [-0.25, -0.2) is 15.0 Å². The standard InChI is InChI=1S/2C16H15N7.C9H9N3.C9H6N2.C7H9N3/c17-14-8-12-11(16(20)21-14)2-1-3-13(12)23-22-10-6-4-9(5-7-10)15(18)19;17-14(18)9-5-7-10(8-6-9)22-23-13-11-3-1-2-4-12(11)15(19)21-16(13)20;10-8-5-6-3-1-2-4-7(6)9(11)12-8;10-6-5-8-3-1-2-4-9(8)7-11;8-6-3-1-5(2-4-6)7(9)10/h1-8H,(H3,18,19)(H4,17,20,21);1-8H,(H3,17,18)(H4,19,20,21);1-5H,(H4,10,11,12);1-4H,5H2;1-4H,8H2,(H3,9,10). The molecule has 0 saturated carbocycles. The predicted molar refractivity (Wildman–Crippen MR) is 317 cm³/mol. The second kappa shape index (κ2) is 26.8. The van der Waals surface area contributed by atoms with E-state index in [1.54, 1.807) is 97.1 Å². The molecule has 79 heavy (non-hydrogen) atoms. The summed E-state index contributed by atoms with van der Waals surface area (Å²) in [6.07, 6.45) is 0.309. The molecule has 0 spiro atoms. The Balaban J connectivity index is 0.000000167. The number of nitrogens with zero attached hydrogens (tertiary/aromatic N) is 9. The molecule has 0 atom stereocenters. The molecule has 0 aliphatic heterocycles. The molecule has 10 rings (SSSR count). The third-order valence-corrected chi connectivity index (χ3v) is 11.2. The molecule has 22 heteroatoms. The molecule has 0 aliphatic rings. The van der Waals surface area contributed by atoms with Crippen LogP contribution < -0.4 is 57.3 Å². The third-order valence-electron chi connectivity index (χ3n) is 11.2. The first kappa shape index (κ1) is 56.3. The summed E-state index contributed by atoms with van der Waals surface area (Å²) in [5.74, 6) is 2.34. The molecular formula is C57H54N22. The van der Waals surface area contributed by atoms with E-state index in [-0.39, 0.29) is 23.3 Å². The normalized spacial score (nSPS) is 10.4. The summed E-state index contributed by atoms with van der Waals surface area (Å²) in [6, 6.07) is 56.1. The van der Waals surface area contributed by atoms with E-state index in [1.807, 2.05) is 91.0 Å². The predicted octanol–water partition coefficient (Wildman–Crippen LogP) is 9.77. The fourth-order valence-electron chi connectivity index (χ4n) is 7.21. The smallest absolute Gasteiger partial charge is 0.154 e. The summed E-state index contributed by atoms with van der Waals surface area (Å²) >= 11 is 0. The maximum atomic E-state index is 8.59. The van der Waals surface area contributed by atoms with Crippen molar-refractivity contribution in [3.8, 4) is 12.1 Å². The second-order valence-corrected chi connectivity index (χ2v) is 16.7. The minimum atomic E-state index is 0.00598. The van der Waals surface area contributed by atoms with E-state index in [0.29, 0.717) is 86.2 Å². The number of rotatable bonds is 8. The number of hydrogen-bond donors (Lipinski definition) is 13. The zero-order valence-corrected chi connectivity index (χ0v) is 42.2. The number of nitrogens with two attached hydrogens (primary N) is 10. The van der Waals surface area contributed by atoms with Crippen LogP contribution in [0.1, 0.15) is 27.8 Å². The molecular weight excluding hydrogens is 993 g/mol. The van der Waals surface area contributed by atoms with E-state index in [2.05, 4.69) is 35.4 Å². The molecule has 10 aromatic rings. The van der Waals surface area contributed by atoms with Gasteiger partial charge in [0.2, 0.25) is 0 Å². The van der Waals surface area contributed by atoms with Gasteiger partial charge in [0.1, 0.15) is 52.3 Å². The first-order valence-electron chi connectivity index (χ1n) is 23.5. The molecule has 0 amide bonds. The summed E-state index contributed by atoms with van der Waals surface area (Å²) in [6.45, 7) is 0. The number of nitrogen functional groups attached to an aromatic ring is 10. The largest absolute Gasteiger partial charge is 0.399 e. The summed E-state index contributed by atoms with van der Waals surface area (Å²) < 4.78 is 0. The minimum Gasteiger partial charge on any atom is -0.399 e.